The first-order valence-electron chi connectivity index (χ1n) is 9.61. The quantitative estimate of drug-likeness (QED) is 0.274. The minimum Gasteiger partial charge on any atom is -0.419 e. The number of hydrogen-bond donors (Lipinski definition) is 0. The van der Waals surface area contributed by atoms with Gasteiger partial charge in [-0.3, -0.25) is 0 Å². The third kappa shape index (κ3) is 6.14. The summed E-state index contributed by atoms with van der Waals surface area (Å²) in [5.41, 5.74) is -3.06. The molecule has 0 radical (unpaired) electrons. The SMILES string of the molecule is C=CC(F)(F)c1cccc(-c2nnc(CN(CC(F)(F)F)c3ccc(C#N)c(C(F)(F)F)c3)o2)c1. The number of halogens is 8. The standard InChI is InChI=1S/C22H14F8N4O/c1-2-20(23,24)15-5-3-4-13(8-15)19-33-32-18(35-19)11-34(12-21(25,26)27)16-7-6-14(10-31)17(9-16)22(28,29)30/h2-9H,1,11-12H2. The number of hydrogen-bond acceptors (Lipinski definition) is 5. The van der Waals surface area contributed by atoms with Gasteiger partial charge in [-0.15, -0.1) is 10.2 Å². The maximum Gasteiger partial charge on any atom is 0.417 e. The lowest BCUT2D eigenvalue weighted by Crippen LogP contribution is -2.34. The van der Waals surface area contributed by atoms with E-state index < -0.39 is 59.6 Å². The molecule has 0 unspecified atom stereocenters. The van der Waals surface area contributed by atoms with Crippen LogP contribution in [0.3, 0.4) is 0 Å². The first-order chi connectivity index (χ1) is 16.2. The van der Waals surface area contributed by atoms with Crippen molar-refractivity contribution >= 4 is 5.69 Å². The lowest BCUT2D eigenvalue weighted by Gasteiger charge is -2.25. The number of rotatable bonds is 7. The highest BCUT2D eigenvalue weighted by Gasteiger charge is 2.36. The molecule has 0 atom stereocenters. The molecule has 0 aliphatic heterocycles. The maximum atomic E-state index is 13.9. The van der Waals surface area contributed by atoms with Crippen LogP contribution in [-0.2, 0) is 18.6 Å². The van der Waals surface area contributed by atoms with Crippen LogP contribution in [0.2, 0.25) is 0 Å². The van der Waals surface area contributed by atoms with E-state index in [4.69, 9.17) is 9.68 Å². The second-order valence-corrected chi connectivity index (χ2v) is 7.22. The van der Waals surface area contributed by atoms with E-state index in [1.807, 2.05) is 0 Å². The van der Waals surface area contributed by atoms with Crippen molar-refractivity contribution in [3.63, 3.8) is 0 Å². The van der Waals surface area contributed by atoms with E-state index in [2.05, 4.69) is 16.8 Å². The van der Waals surface area contributed by atoms with Crippen molar-refractivity contribution in [1.82, 2.24) is 10.2 Å². The lowest BCUT2D eigenvalue weighted by atomic mass is 10.1. The summed E-state index contributed by atoms with van der Waals surface area (Å²) in [7, 11) is 0. The molecule has 0 saturated carbocycles. The van der Waals surface area contributed by atoms with Gasteiger partial charge in [-0.1, -0.05) is 18.7 Å². The number of alkyl halides is 8. The first kappa shape index (κ1) is 25.7. The summed E-state index contributed by atoms with van der Waals surface area (Å²) in [4.78, 5) is 0.510. The summed E-state index contributed by atoms with van der Waals surface area (Å²) in [6, 6.07) is 8.23. The Balaban J connectivity index is 1.96. The highest BCUT2D eigenvalue weighted by atomic mass is 19.4. The average molecular weight is 502 g/mol. The van der Waals surface area contributed by atoms with E-state index in [1.165, 1.54) is 18.2 Å². The number of aromatic nitrogens is 2. The topological polar surface area (TPSA) is 66.0 Å². The first-order valence-corrected chi connectivity index (χ1v) is 9.61. The van der Waals surface area contributed by atoms with Gasteiger partial charge in [0.05, 0.1) is 23.7 Å². The monoisotopic (exact) mass is 502 g/mol. The van der Waals surface area contributed by atoms with E-state index in [9.17, 15) is 35.1 Å². The smallest absolute Gasteiger partial charge is 0.417 e. The van der Waals surface area contributed by atoms with E-state index in [0.717, 1.165) is 24.3 Å². The molecule has 3 rings (SSSR count). The molecule has 2 aromatic carbocycles. The third-order valence-corrected chi connectivity index (χ3v) is 4.71. The van der Waals surface area contributed by atoms with Gasteiger partial charge in [0.2, 0.25) is 11.8 Å². The number of benzene rings is 2. The van der Waals surface area contributed by atoms with Crippen molar-refractivity contribution in [3.8, 4) is 17.5 Å². The summed E-state index contributed by atoms with van der Waals surface area (Å²) in [6.45, 7) is 0.628. The molecule has 1 heterocycles. The normalized spacial score (nSPS) is 12.3. The minimum absolute atomic E-state index is 0.0443. The maximum absolute atomic E-state index is 13.9. The fraction of sp³-hybridized carbons (Fsp3) is 0.227. The van der Waals surface area contributed by atoms with Gasteiger partial charge >= 0.3 is 12.4 Å². The minimum atomic E-state index is -4.98. The molecular weight excluding hydrogens is 488 g/mol. The largest absolute Gasteiger partial charge is 0.419 e. The highest BCUT2D eigenvalue weighted by molar-refractivity contribution is 5.56. The van der Waals surface area contributed by atoms with Gasteiger partial charge in [0.15, 0.2) is 0 Å². The zero-order chi connectivity index (χ0) is 26.0. The fourth-order valence-corrected chi connectivity index (χ4v) is 3.09. The Bertz CT molecular complexity index is 1260. The summed E-state index contributed by atoms with van der Waals surface area (Å²) >= 11 is 0. The Labute approximate surface area is 192 Å². The van der Waals surface area contributed by atoms with Gasteiger partial charge in [-0.25, -0.2) is 0 Å². The molecular formula is C22H14F8N4O. The Morgan fingerprint density at radius 2 is 1.71 bits per heavy atom. The van der Waals surface area contributed by atoms with Crippen LogP contribution in [0.5, 0.6) is 0 Å². The Hall–Kier alpha value is -3.95. The molecule has 1 aromatic heterocycles. The van der Waals surface area contributed by atoms with Crippen LogP contribution < -0.4 is 4.90 Å². The zero-order valence-corrected chi connectivity index (χ0v) is 17.5. The molecule has 0 spiro atoms. The van der Waals surface area contributed by atoms with Crippen molar-refractivity contribution < 1.29 is 39.5 Å². The van der Waals surface area contributed by atoms with Gasteiger partial charge in [0.25, 0.3) is 5.92 Å². The summed E-state index contributed by atoms with van der Waals surface area (Å²) in [6.07, 6.45) is -9.38. The van der Waals surface area contributed by atoms with Crippen LogP contribution in [0.4, 0.5) is 40.8 Å². The Morgan fingerprint density at radius 1 is 1.00 bits per heavy atom. The third-order valence-electron chi connectivity index (χ3n) is 4.71. The van der Waals surface area contributed by atoms with Crippen LogP contribution in [0.25, 0.3) is 11.5 Å². The second kappa shape index (κ2) is 9.36. The van der Waals surface area contributed by atoms with Crippen LogP contribution >= 0.6 is 0 Å². The average Bonchev–Trinajstić information content (AvgIpc) is 3.25. The summed E-state index contributed by atoms with van der Waals surface area (Å²) in [5, 5.41) is 16.1. The Morgan fingerprint density at radius 3 is 2.31 bits per heavy atom. The van der Waals surface area contributed by atoms with E-state index in [-0.39, 0.29) is 11.5 Å². The predicted octanol–water partition coefficient (Wildman–Crippen LogP) is 6.47. The van der Waals surface area contributed by atoms with Crippen LogP contribution in [0, 0.1) is 11.3 Å². The zero-order valence-electron chi connectivity index (χ0n) is 17.5. The molecule has 0 aliphatic carbocycles. The van der Waals surface area contributed by atoms with Crippen molar-refractivity contribution in [3.05, 3.63) is 77.7 Å². The van der Waals surface area contributed by atoms with Gasteiger partial charge < -0.3 is 9.32 Å². The number of nitrogens with zero attached hydrogens (tertiary/aromatic N) is 4. The summed E-state index contributed by atoms with van der Waals surface area (Å²) < 4.78 is 112. The molecule has 35 heavy (non-hydrogen) atoms. The van der Waals surface area contributed by atoms with Crippen molar-refractivity contribution in [1.29, 1.82) is 5.26 Å². The van der Waals surface area contributed by atoms with Crippen molar-refractivity contribution in [2.24, 2.45) is 0 Å². The van der Waals surface area contributed by atoms with Crippen molar-refractivity contribution in [2.75, 3.05) is 11.4 Å². The molecule has 0 fully saturated rings. The Kier molecular flexibility index (Phi) is 6.86. The molecule has 3 aromatic rings. The molecule has 0 aliphatic rings. The van der Waals surface area contributed by atoms with Gasteiger partial charge in [0, 0.05) is 16.8 Å². The molecule has 0 amide bonds. The van der Waals surface area contributed by atoms with E-state index in [0.29, 0.717) is 17.0 Å². The molecule has 0 N–H and O–H groups in total. The molecule has 13 heteroatoms. The number of nitriles is 1. The summed E-state index contributed by atoms with van der Waals surface area (Å²) in [5.74, 6) is -4.07. The molecule has 5 nitrogen and oxygen atoms in total. The molecule has 184 valence electrons. The number of anilines is 1. The number of allylic oxidation sites excluding steroid dienone is 1. The van der Waals surface area contributed by atoms with Crippen LogP contribution in [0.1, 0.15) is 22.6 Å². The van der Waals surface area contributed by atoms with Gasteiger partial charge in [-0.05, 0) is 36.4 Å². The van der Waals surface area contributed by atoms with Crippen LogP contribution in [-0.4, -0.2) is 22.9 Å². The lowest BCUT2D eigenvalue weighted by molar-refractivity contribution is -0.137. The second-order valence-electron chi connectivity index (χ2n) is 7.22. The van der Waals surface area contributed by atoms with Crippen molar-refractivity contribution in [2.45, 2.75) is 24.8 Å². The van der Waals surface area contributed by atoms with Gasteiger partial charge in [0.1, 0.15) is 6.54 Å². The molecule has 0 bridgehead atoms. The molecule has 0 saturated heterocycles. The van der Waals surface area contributed by atoms with Gasteiger partial charge in [-0.2, -0.15) is 40.4 Å². The highest BCUT2D eigenvalue weighted by Crippen LogP contribution is 2.36. The predicted molar refractivity (Wildman–Crippen MR) is 107 cm³/mol. The van der Waals surface area contributed by atoms with E-state index in [1.54, 1.807) is 0 Å². The van der Waals surface area contributed by atoms with Crippen LogP contribution in [0.15, 0.2) is 59.5 Å². The van der Waals surface area contributed by atoms with E-state index >= 15 is 0 Å². The fourth-order valence-electron chi connectivity index (χ4n) is 3.09.